The van der Waals surface area contributed by atoms with Crippen molar-refractivity contribution in [3.8, 4) is 0 Å². The quantitative estimate of drug-likeness (QED) is 0.525. The third-order valence-electron chi connectivity index (χ3n) is 1.66. The number of hydrogen-bond donors (Lipinski definition) is 0. The molecule has 0 radical (unpaired) electrons. The standard InChI is InChI=1S/C10H8.H2O/c1-2-6-10-8-4-3-7-9(10)5-1;/h1-8H;1H2/i;1-14. The van der Waals surface area contributed by atoms with Crippen LogP contribution in [0.4, 0.5) is 0 Å². The molecular formula is C10H10O. The molecule has 2 rings (SSSR count). The summed E-state index contributed by atoms with van der Waals surface area (Å²) in [4.78, 5) is 0. The summed E-state index contributed by atoms with van der Waals surface area (Å²) in [5, 5.41) is 2.62. The molecule has 11 heavy (non-hydrogen) atoms. The molecule has 0 unspecified atom stereocenters. The van der Waals surface area contributed by atoms with Gasteiger partial charge in [0.05, 0.1) is 0 Å². The third-order valence-corrected chi connectivity index (χ3v) is 1.66. The zero-order valence-electron chi connectivity index (χ0n) is 6.12. The highest BCUT2D eigenvalue weighted by atomic mass is 13.9. The molecule has 2 N–H and O–H groups in total. The lowest BCUT2D eigenvalue weighted by Gasteiger charge is -1.92. The smallest absolute Gasteiger partial charge is 0.0184 e. The molecule has 0 amide bonds. The maximum atomic E-state index is 2.12. The highest BCUT2D eigenvalue weighted by Gasteiger charge is 1.85. The Kier molecular flexibility index (Phi) is 2.24. The van der Waals surface area contributed by atoms with Crippen LogP contribution in [0, 0.1) is 0 Å². The normalized spacial score (nSPS) is 9.09. The molecule has 0 aliphatic heterocycles. The Morgan fingerprint density at radius 2 is 0.818 bits per heavy atom. The molecule has 0 fully saturated rings. The van der Waals surface area contributed by atoms with E-state index in [9.17, 15) is 0 Å². The Morgan fingerprint density at radius 3 is 1.09 bits per heavy atom. The first-order valence-electron chi connectivity index (χ1n) is 3.40. The van der Waals surface area contributed by atoms with Gasteiger partial charge in [-0.25, -0.2) is 0 Å². The van der Waals surface area contributed by atoms with Crippen LogP contribution >= 0.6 is 0 Å². The van der Waals surface area contributed by atoms with Crippen LogP contribution in [0.5, 0.6) is 0 Å². The summed E-state index contributed by atoms with van der Waals surface area (Å²) in [6, 6.07) is 16.7. The maximum absolute atomic E-state index is 2.12. The van der Waals surface area contributed by atoms with E-state index in [-0.39, 0.29) is 5.48 Å². The van der Waals surface area contributed by atoms with E-state index in [1.54, 1.807) is 0 Å². The Hall–Kier alpha value is -1.34. The van der Waals surface area contributed by atoms with E-state index in [0.29, 0.717) is 0 Å². The van der Waals surface area contributed by atoms with Gasteiger partial charge in [-0.2, -0.15) is 0 Å². The van der Waals surface area contributed by atoms with Crippen LogP contribution in [0.1, 0.15) is 0 Å². The minimum absolute atomic E-state index is 0. The minimum Gasteiger partial charge on any atom is -0.412 e. The summed E-state index contributed by atoms with van der Waals surface area (Å²) >= 11 is 0. The monoisotopic (exact) mass is 132 g/mol. The highest BCUT2D eigenvalue weighted by Crippen LogP contribution is 2.11. The van der Waals surface area contributed by atoms with Crippen molar-refractivity contribution in [3.63, 3.8) is 0 Å². The number of fused-ring (bicyclic) bond motifs is 1. The SMILES string of the molecule is [2OH2].c1ccc2ccccc2c1. The van der Waals surface area contributed by atoms with Crippen LogP contribution in [0.15, 0.2) is 48.5 Å². The average Bonchev–Trinajstić information content (AvgIpc) is 2.05. The van der Waals surface area contributed by atoms with E-state index in [1.807, 2.05) is 0 Å². The molecule has 0 aromatic heterocycles. The van der Waals surface area contributed by atoms with Crippen molar-refractivity contribution in [2.75, 3.05) is 0 Å². The number of rotatable bonds is 0. The fraction of sp³-hybridized carbons (Fsp3) is 0. The lowest BCUT2D eigenvalue weighted by molar-refractivity contribution is 0.824. The summed E-state index contributed by atoms with van der Waals surface area (Å²) < 4.78 is 0. The Labute approximate surface area is 65.6 Å². The first-order valence-corrected chi connectivity index (χ1v) is 3.40. The Bertz CT molecular complexity index is 276. The van der Waals surface area contributed by atoms with Crippen molar-refractivity contribution >= 4 is 10.8 Å². The molecule has 0 spiro atoms. The summed E-state index contributed by atoms with van der Waals surface area (Å²) in [6.45, 7) is 0. The summed E-state index contributed by atoms with van der Waals surface area (Å²) in [5.74, 6) is 0. The fourth-order valence-electron chi connectivity index (χ4n) is 1.13. The van der Waals surface area contributed by atoms with Gasteiger partial charge in [-0.15, -0.1) is 0 Å². The Morgan fingerprint density at radius 1 is 0.545 bits per heavy atom. The van der Waals surface area contributed by atoms with Crippen molar-refractivity contribution in [1.82, 2.24) is 0 Å². The van der Waals surface area contributed by atoms with Crippen LogP contribution in [0.25, 0.3) is 10.8 Å². The lowest BCUT2D eigenvalue weighted by atomic mass is 2.00. The van der Waals surface area contributed by atoms with Crippen molar-refractivity contribution in [2.24, 2.45) is 0 Å². The van der Waals surface area contributed by atoms with Crippen molar-refractivity contribution in [3.05, 3.63) is 48.5 Å². The zero-order valence-corrected chi connectivity index (χ0v) is 6.12. The summed E-state index contributed by atoms with van der Waals surface area (Å²) in [7, 11) is 0. The molecule has 2 aromatic rings. The van der Waals surface area contributed by atoms with E-state index in [2.05, 4.69) is 48.5 Å². The predicted octanol–water partition coefficient (Wildman–Crippen LogP) is 2.02. The van der Waals surface area contributed by atoms with Gasteiger partial charge in [0.25, 0.3) is 0 Å². The largest absolute Gasteiger partial charge is 0.412 e. The summed E-state index contributed by atoms with van der Waals surface area (Å²) in [5.41, 5.74) is 0. The molecule has 0 saturated heterocycles. The second kappa shape index (κ2) is 3.17. The lowest BCUT2D eigenvalue weighted by Crippen LogP contribution is -1.67. The van der Waals surface area contributed by atoms with Crippen molar-refractivity contribution in [1.29, 1.82) is 0 Å². The molecule has 56 valence electrons. The Balaban J connectivity index is 0.000000605. The zero-order chi connectivity index (χ0) is 6.81. The average molecular weight is 132 g/mol. The molecule has 2 aromatic carbocycles. The van der Waals surface area contributed by atoms with E-state index in [1.165, 1.54) is 10.8 Å². The topological polar surface area (TPSA) is 31.5 Å². The minimum atomic E-state index is 0. The second-order valence-electron chi connectivity index (χ2n) is 2.35. The van der Waals surface area contributed by atoms with E-state index in [0.717, 1.165) is 0 Å². The van der Waals surface area contributed by atoms with Crippen molar-refractivity contribution < 1.29 is 5.48 Å². The van der Waals surface area contributed by atoms with E-state index in [4.69, 9.17) is 0 Å². The summed E-state index contributed by atoms with van der Waals surface area (Å²) in [6.07, 6.45) is 0. The first kappa shape index (κ1) is 7.76. The molecule has 0 aliphatic rings. The number of benzene rings is 2. The third kappa shape index (κ3) is 1.38. The van der Waals surface area contributed by atoms with Gasteiger partial charge < -0.3 is 5.48 Å². The van der Waals surface area contributed by atoms with Gasteiger partial charge >= 0.3 is 0 Å². The van der Waals surface area contributed by atoms with E-state index >= 15 is 0 Å². The van der Waals surface area contributed by atoms with Crippen LogP contribution in [-0.2, 0) is 0 Å². The fourth-order valence-corrected chi connectivity index (χ4v) is 1.13. The van der Waals surface area contributed by atoms with Crippen LogP contribution in [0.3, 0.4) is 0 Å². The highest BCUT2D eigenvalue weighted by molar-refractivity contribution is 5.81. The van der Waals surface area contributed by atoms with Gasteiger partial charge in [0, 0.05) is 0 Å². The predicted molar refractivity (Wildman–Crippen MR) is 47.6 cm³/mol. The van der Waals surface area contributed by atoms with Gasteiger partial charge in [0.15, 0.2) is 0 Å². The second-order valence-corrected chi connectivity index (χ2v) is 2.35. The van der Waals surface area contributed by atoms with Gasteiger partial charge in [0.1, 0.15) is 0 Å². The van der Waals surface area contributed by atoms with Gasteiger partial charge in [-0.05, 0) is 10.8 Å². The molecule has 1 heteroatoms. The maximum Gasteiger partial charge on any atom is -0.0184 e. The molecule has 0 saturated carbocycles. The first-order chi connectivity index (χ1) is 4.97. The van der Waals surface area contributed by atoms with Gasteiger partial charge in [-0.3, -0.25) is 0 Å². The molecule has 0 heterocycles. The molecular weight excluding hydrogens is 122 g/mol. The number of hydrogen-bond acceptors (Lipinski definition) is 0. The van der Waals surface area contributed by atoms with Gasteiger partial charge in [-0.1, -0.05) is 48.5 Å². The van der Waals surface area contributed by atoms with Crippen LogP contribution in [-0.4, -0.2) is 5.48 Å². The van der Waals surface area contributed by atoms with Crippen molar-refractivity contribution in [2.45, 2.75) is 0 Å². The molecule has 1 nitrogen and oxygen atoms in total. The van der Waals surface area contributed by atoms with Crippen LogP contribution in [0.2, 0.25) is 0 Å². The van der Waals surface area contributed by atoms with E-state index < -0.39 is 0 Å². The van der Waals surface area contributed by atoms with Gasteiger partial charge in [0.2, 0.25) is 0 Å². The van der Waals surface area contributed by atoms with Crippen LogP contribution < -0.4 is 0 Å². The molecule has 0 aliphatic carbocycles. The molecule has 0 atom stereocenters. The molecule has 0 bridgehead atoms.